The van der Waals surface area contributed by atoms with E-state index in [0.717, 1.165) is 5.56 Å². The molecule has 2 rings (SSSR count). The molecule has 0 aromatic heterocycles. The van der Waals surface area contributed by atoms with Crippen molar-refractivity contribution in [1.82, 2.24) is 4.72 Å². The van der Waals surface area contributed by atoms with Gasteiger partial charge in [-0.05, 0) is 37.6 Å². The van der Waals surface area contributed by atoms with E-state index in [0.29, 0.717) is 12.2 Å². The summed E-state index contributed by atoms with van der Waals surface area (Å²) in [4.78, 5) is 10.5. The number of carbonyl (C=O) groups is 1. The largest absolute Gasteiger partial charge is 0.487 e. The molecule has 0 fully saturated rings. The molecule has 0 spiro atoms. The Labute approximate surface area is 111 Å². The second kappa shape index (κ2) is 4.50. The minimum absolute atomic E-state index is 0.0498. The summed E-state index contributed by atoms with van der Waals surface area (Å²) < 4.78 is 31.4. The molecular weight excluding hydrogens is 270 g/mol. The van der Waals surface area contributed by atoms with Crippen LogP contribution in [-0.2, 0) is 21.2 Å². The third kappa shape index (κ3) is 3.05. The number of benzene rings is 1. The van der Waals surface area contributed by atoms with Crippen LogP contribution in [0.3, 0.4) is 0 Å². The molecular formula is C12H15NO5S. The van der Waals surface area contributed by atoms with Crippen LogP contribution in [0.4, 0.5) is 0 Å². The number of carboxylic acids is 1. The molecule has 19 heavy (non-hydrogen) atoms. The molecule has 2 N–H and O–H groups in total. The van der Waals surface area contributed by atoms with Gasteiger partial charge in [0.25, 0.3) is 0 Å². The van der Waals surface area contributed by atoms with Crippen molar-refractivity contribution in [3.63, 3.8) is 0 Å². The average molecular weight is 285 g/mol. The minimum atomic E-state index is -3.80. The molecule has 104 valence electrons. The number of sulfonamides is 1. The Morgan fingerprint density at radius 2 is 2.16 bits per heavy atom. The van der Waals surface area contributed by atoms with Crippen LogP contribution >= 0.6 is 0 Å². The summed E-state index contributed by atoms with van der Waals surface area (Å²) in [6.07, 6.45) is 0.616. The van der Waals surface area contributed by atoms with Gasteiger partial charge in [-0.25, -0.2) is 8.42 Å². The standard InChI is InChI=1S/C12H15NO5S/c1-12(2)6-8-5-9(3-4-10(8)18-12)19(16,17)13-7-11(14)15/h3-5,13H,6-7H2,1-2H3,(H,14,15). The Bertz CT molecular complexity index is 621. The van der Waals surface area contributed by atoms with Gasteiger partial charge in [0.1, 0.15) is 17.9 Å². The van der Waals surface area contributed by atoms with Gasteiger partial charge in [-0.3, -0.25) is 4.79 Å². The number of rotatable bonds is 4. The third-order valence-electron chi connectivity index (χ3n) is 2.76. The van der Waals surface area contributed by atoms with Crippen molar-refractivity contribution in [2.75, 3.05) is 6.54 Å². The maximum atomic E-state index is 11.9. The smallest absolute Gasteiger partial charge is 0.318 e. The monoisotopic (exact) mass is 285 g/mol. The van der Waals surface area contributed by atoms with Gasteiger partial charge in [-0.1, -0.05) is 0 Å². The first-order chi connectivity index (χ1) is 8.70. The lowest BCUT2D eigenvalue weighted by Crippen LogP contribution is -2.29. The molecule has 1 aromatic rings. The number of hydrogen-bond donors (Lipinski definition) is 2. The Balaban J connectivity index is 2.27. The number of aliphatic carboxylic acids is 1. The number of hydrogen-bond acceptors (Lipinski definition) is 4. The summed E-state index contributed by atoms with van der Waals surface area (Å²) in [5.41, 5.74) is 0.461. The highest BCUT2D eigenvalue weighted by molar-refractivity contribution is 7.89. The van der Waals surface area contributed by atoms with E-state index in [1.54, 1.807) is 6.07 Å². The van der Waals surface area contributed by atoms with E-state index < -0.39 is 22.5 Å². The van der Waals surface area contributed by atoms with Gasteiger partial charge in [-0.2, -0.15) is 4.72 Å². The van der Waals surface area contributed by atoms with Crippen LogP contribution in [0.2, 0.25) is 0 Å². The fraction of sp³-hybridized carbons (Fsp3) is 0.417. The van der Waals surface area contributed by atoms with Crippen LogP contribution < -0.4 is 9.46 Å². The van der Waals surface area contributed by atoms with Crippen molar-refractivity contribution >= 4 is 16.0 Å². The summed E-state index contributed by atoms with van der Waals surface area (Å²) >= 11 is 0. The fourth-order valence-corrected chi connectivity index (χ4v) is 3.02. The molecule has 0 unspecified atom stereocenters. The maximum absolute atomic E-state index is 11.9. The SMILES string of the molecule is CC1(C)Cc2cc(S(=O)(=O)NCC(=O)O)ccc2O1. The van der Waals surface area contributed by atoms with Gasteiger partial charge in [0.05, 0.1) is 4.90 Å². The summed E-state index contributed by atoms with van der Waals surface area (Å²) in [5.74, 6) is -0.559. The lowest BCUT2D eigenvalue weighted by molar-refractivity contribution is -0.135. The summed E-state index contributed by atoms with van der Waals surface area (Å²) in [5, 5.41) is 8.50. The van der Waals surface area contributed by atoms with E-state index in [9.17, 15) is 13.2 Å². The molecule has 0 amide bonds. The maximum Gasteiger partial charge on any atom is 0.318 e. The van der Waals surface area contributed by atoms with Crippen LogP contribution in [-0.4, -0.2) is 31.6 Å². The van der Waals surface area contributed by atoms with E-state index in [2.05, 4.69) is 0 Å². The van der Waals surface area contributed by atoms with Crippen LogP contribution in [0.1, 0.15) is 19.4 Å². The molecule has 7 heteroatoms. The van der Waals surface area contributed by atoms with Gasteiger partial charge < -0.3 is 9.84 Å². The lowest BCUT2D eigenvalue weighted by atomic mass is 10.0. The topological polar surface area (TPSA) is 92.7 Å². The molecule has 1 aliphatic rings. The molecule has 1 heterocycles. The normalized spacial score (nSPS) is 16.7. The highest BCUT2D eigenvalue weighted by Gasteiger charge is 2.31. The third-order valence-corrected chi connectivity index (χ3v) is 4.16. The van der Waals surface area contributed by atoms with E-state index in [4.69, 9.17) is 9.84 Å². The van der Waals surface area contributed by atoms with Gasteiger partial charge in [0, 0.05) is 6.42 Å². The van der Waals surface area contributed by atoms with Crippen molar-refractivity contribution in [2.45, 2.75) is 30.8 Å². The Hall–Kier alpha value is -1.60. The van der Waals surface area contributed by atoms with Crippen molar-refractivity contribution in [3.05, 3.63) is 23.8 Å². The Morgan fingerprint density at radius 3 is 2.79 bits per heavy atom. The van der Waals surface area contributed by atoms with E-state index >= 15 is 0 Å². The minimum Gasteiger partial charge on any atom is -0.487 e. The molecule has 6 nitrogen and oxygen atoms in total. The molecule has 0 aliphatic carbocycles. The molecule has 1 aromatic carbocycles. The van der Waals surface area contributed by atoms with Crippen molar-refractivity contribution in [3.8, 4) is 5.75 Å². The molecule has 0 bridgehead atoms. The Morgan fingerprint density at radius 1 is 1.47 bits per heavy atom. The zero-order chi connectivity index (χ0) is 14.3. The predicted molar refractivity (Wildman–Crippen MR) is 67.7 cm³/mol. The quantitative estimate of drug-likeness (QED) is 0.852. The first kappa shape index (κ1) is 13.8. The summed E-state index contributed by atoms with van der Waals surface area (Å²) in [6, 6.07) is 4.53. The van der Waals surface area contributed by atoms with Gasteiger partial charge in [0.15, 0.2) is 0 Å². The number of nitrogens with one attached hydrogen (secondary N) is 1. The molecule has 0 radical (unpaired) electrons. The number of carboxylic acid groups (broad SMARTS) is 1. The van der Waals surface area contributed by atoms with Crippen LogP contribution in [0.5, 0.6) is 5.75 Å². The van der Waals surface area contributed by atoms with E-state index in [1.165, 1.54) is 12.1 Å². The first-order valence-electron chi connectivity index (χ1n) is 5.73. The van der Waals surface area contributed by atoms with Gasteiger partial charge >= 0.3 is 5.97 Å². The van der Waals surface area contributed by atoms with Crippen LogP contribution in [0.25, 0.3) is 0 Å². The molecule has 0 saturated heterocycles. The van der Waals surface area contributed by atoms with Crippen molar-refractivity contribution in [1.29, 1.82) is 0 Å². The first-order valence-corrected chi connectivity index (χ1v) is 7.21. The molecule has 0 saturated carbocycles. The zero-order valence-corrected chi connectivity index (χ0v) is 11.5. The Kier molecular flexibility index (Phi) is 3.27. The lowest BCUT2D eigenvalue weighted by Gasteiger charge is -2.16. The van der Waals surface area contributed by atoms with Crippen molar-refractivity contribution in [2.24, 2.45) is 0 Å². The summed E-state index contributed by atoms with van der Waals surface area (Å²) in [6.45, 7) is 3.20. The highest BCUT2D eigenvalue weighted by Crippen LogP contribution is 2.35. The molecule has 0 atom stereocenters. The van der Waals surface area contributed by atoms with Crippen molar-refractivity contribution < 1.29 is 23.1 Å². The average Bonchev–Trinajstić information content (AvgIpc) is 2.59. The predicted octanol–water partition coefficient (Wildman–Crippen LogP) is 0.763. The second-order valence-electron chi connectivity index (χ2n) is 5.03. The second-order valence-corrected chi connectivity index (χ2v) is 6.79. The summed E-state index contributed by atoms with van der Waals surface area (Å²) in [7, 11) is -3.80. The number of ether oxygens (including phenoxy) is 1. The van der Waals surface area contributed by atoms with Gasteiger partial charge in [0.2, 0.25) is 10.0 Å². The fourth-order valence-electron chi connectivity index (χ4n) is 1.99. The van der Waals surface area contributed by atoms with E-state index in [-0.39, 0.29) is 10.5 Å². The van der Waals surface area contributed by atoms with Crippen LogP contribution in [0, 0.1) is 0 Å². The zero-order valence-electron chi connectivity index (χ0n) is 10.6. The van der Waals surface area contributed by atoms with Crippen LogP contribution in [0.15, 0.2) is 23.1 Å². The number of fused-ring (bicyclic) bond motifs is 1. The highest BCUT2D eigenvalue weighted by atomic mass is 32.2. The molecule has 1 aliphatic heterocycles. The van der Waals surface area contributed by atoms with E-state index in [1.807, 2.05) is 18.6 Å². The van der Waals surface area contributed by atoms with Gasteiger partial charge in [-0.15, -0.1) is 0 Å².